The second kappa shape index (κ2) is 4.10. The molecule has 0 amide bonds. The van der Waals surface area contributed by atoms with Gasteiger partial charge in [0.05, 0.1) is 0 Å². The Morgan fingerprint density at radius 2 is 1.65 bits per heavy atom. The molecule has 2 nitrogen and oxygen atoms in total. The smallest absolute Gasteiger partial charge is 0.103 e. The fraction of sp³-hybridized carbons (Fsp3) is 0.467. The Kier molecular flexibility index (Phi) is 2.90. The molecular formula is C15H22N2. The van der Waals surface area contributed by atoms with Gasteiger partial charge in [-0.25, -0.2) is 0 Å². The highest BCUT2D eigenvalue weighted by atomic mass is 15.4. The summed E-state index contributed by atoms with van der Waals surface area (Å²) in [7, 11) is 2.16. The minimum Gasteiger partial charge on any atom is -0.356 e. The minimum atomic E-state index is 0.399. The van der Waals surface area contributed by atoms with E-state index in [-0.39, 0.29) is 0 Å². The van der Waals surface area contributed by atoms with Crippen molar-refractivity contribution in [3.63, 3.8) is 0 Å². The minimum absolute atomic E-state index is 0.399. The Hall–Kier alpha value is -1.44. The zero-order valence-corrected chi connectivity index (χ0v) is 11.7. The number of benzene rings is 1. The number of hydrogen-bond acceptors (Lipinski definition) is 2. The molecule has 0 radical (unpaired) electrons. The van der Waals surface area contributed by atoms with Gasteiger partial charge >= 0.3 is 0 Å². The van der Waals surface area contributed by atoms with Crippen molar-refractivity contribution in [2.45, 2.75) is 40.8 Å². The number of anilines is 1. The van der Waals surface area contributed by atoms with Gasteiger partial charge in [-0.15, -0.1) is 0 Å². The summed E-state index contributed by atoms with van der Waals surface area (Å²) < 4.78 is 0. The van der Waals surface area contributed by atoms with Crippen LogP contribution in [0.5, 0.6) is 0 Å². The highest BCUT2D eigenvalue weighted by Crippen LogP contribution is 2.35. The van der Waals surface area contributed by atoms with Crippen molar-refractivity contribution in [3.8, 4) is 0 Å². The van der Waals surface area contributed by atoms with Crippen molar-refractivity contribution in [1.82, 2.24) is 4.90 Å². The van der Waals surface area contributed by atoms with Gasteiger partial charge in [0.1, 0.15) is 6.17 Å². The van der Waals surface area contributed by atoms with E-state index in [0.717, 1.165) is 0 Å². The van der Waals surface area contributed by atoms with Crippen LogP contribution in [0.3, 0.4) is 0 Å². The fourth-order valence-corrected chi connectivity index (χ4v) is 2.54. The SMILES string of the molecule is CC1=C(C)N(c2cccc(C)c2C)[C@H](C)N1C. The van der Waals surface area contributed by atoms with Crippen LogP contribution in [0.1, 0.15) is 31.9 Å². The molecule has 0 saturated heterocycles. The quantitative estimate of drug-likeness (QED) is 0.726. The molecule has 0 unspecified atom stereocenters. The number of allylic oxidation sites excluding steroid dienone is 2. The Bertz CT molecular complexity index is 474. The lowest BCUT2D eigenvalue weighted by Crippen LogP contribution is -2.35. The first-order chi connectivity index (χ1) is 7.95. The second-order valence-electron chi connectivity index (χ2n) is 5.00. The maximum Gasteiger partial charge on any atom is 0.103 e. The van der Waals surface area contributed by atoms with E-state index in [2.05, 4.69) is 69.7 Å². The lowest BCUT2D eigenvalue weighted by atomic mass is 10.1. The average molecular weight is 230 g/mol. The van der Waals surface area contributed by atoms with E-state index in [1.807, 2.05) is 0 Å². The van der Waals surface area contributed by atoms with Crippen LogP contribution >= 0.6 is 0 Å². The van der Waals surface area contributed by atoms with Crippen molar-refractivity contribution in [2.75, 3.05) is 11.9 Å². The highest BCUT2D eigenvalue weighted by Gasteiger charge is 2.30. The molecule has 1 heterocycles. The van der Waals surface area contributed by atoms with Crippen LogP contribution in [-0.4, -0.2) is 18.1 Å². The lowest BCUT2D eigenvalue weighted by Gasteiger charge is -2.31. The zero-order chi connectivity index (χ0) is 12.7. The third-order valence-corrected chi connectivity index (χ3v) is 4.18. The van der Waals surface area contributed by atoms with Gasteiger partial charge in [0.25, 0.3) is 0 Å². The molecule has 0 spiro atoms. The van der Waals surface area contributed by atoms with Crippen LogP contribution in [0, 0.1) is 13.8 Å². The van der Waals surface area contributed by atoms with Crippen LogP contribution in [0.25, 0.3) is 0 Å². The van der Waals surface area contributed by atoms with E-state index < -0.39 is 0 Å². The third kappa shape index (κ3) is 1.72. The maximum absolute atomic E-state index is 2.43. The van der Waals surface area contributed by atoms with E-state index in [4.69, 9.17) is 0 Å². The van der Waals surface area contributed by atoms with E-state index in [1.165, 1.54) is 28.2 Å². The van der Waals surface area contributed by atoms with Crippen LogP contribution in [-0.2, 0) is 0 Å². The molecule has 1 aliphatic heterocycles. The molecule has 0 saturated carbocycles. The largest absolute Gasteiger partial charge is 0.356 e. The van der Waals surface area contributed by atoms with E-state index in [9.17, 15) is 0 Å². The summed E-state index contributed by atoms with van der Waals surface area (Å²) in [5.74, 6) is 0. The Morgan fingerprint density at radius 3 is 2.18 bits per heavy atom. The molecule has 1 atom stereocenters. The number of aryl methyl sites for hydroxylation is 1. The standard InChI is InChI=1S/C15H22N2/c1-10-8-7-9-15(11(10)2)17-13(4)12(3)16(6)14(17)5/h7-9,14H,1-6H3/t14-/m1/s1. The molecule has 0 N–H and O–H groups in total. The average Bonchev–Trinajstić information content (AvgIpc) is 2.49. The van der Waals surface area contributed by atoms with Gasteiger partial charge in [-0.2, -0.15) is 0 Å². The first-order valence-electron chi connectivity index (χ1n) is 6.21. The van der Waals surface area contributed by atoms with Gasteiger partial charge in [-0.3, -0.25) is 0 Å². The Morgan fingerprint density at radius 1 is 1.00 bits per heavy atom. The molecule has 2 rings (SSSR count). The van der Waals surface area contributed by atoms with Crippen LogP contribution in [0.15, 0.2) is 29.6 Å². The van der Waals surface area contributed by atoms with E-state index >= 15 is 0 Å². The van der Waals surface area contributed by atoms with Crippen molar-refractivity contribution in [1.29, 1.82) is 0 Å². The second-order valence-corrected chi connectivity index (χ2v) is 5.00. The van der Waals surface area contributed by atoms with Gasteiger partial charge in [0.2, 0.25) is 0 Å². The number of nitrogens with zero attached hydrogens (tertiary/aromatic N) is 2. The van der Waals surface area contributed by atoms with Crippen LogP contribution in [0.4, 0.5) is 5.69 Å². The lowest BCUT2D eigenvalue weighted by molar-refractivity contribution is 0.357. The molecule has 0 bridgehead atoms. The summed E-state index contributed by atoms with van der Waals surface area (Å²) in [6, 6.07) is 6.54. The first-order valence-corrected chi connectivity index (χ1v) is 6.21. The van der Waals surface area contributed by atoms with Crippen molar-refractivity contribution < 1.29 is 0 Å². The maximum atomic E-state index is 2.43. The molecular weight excluding hydrogens is 208 g/mol. The molecule has 17 heavy (non-hydrogen) atoms. The van der Waals surface area contributed by atoms with E-state index in [0.29, 0.717) is 6.17 Å². The predicted molar refractivity (Wildman–Crippen MR) is 74.0 cm³/mol. The summed E-state index contributed by atoms with van der Waals surface area (Å²) in [6.45, 7) is 11.0. The summed E-state index contributed by atoms with van der Waals surface area (Å²) in [4.78, 5) is 4.76. The summed E-state index contributed by atoms with van der Waals surface area (Å²) in [6.07, 6.45) is 0.399. The molecule has 0 aliphatic carbocycles. The molecule has 92 valence electrons. The Balaban J connectivity index is 2.52. The zero-order valence-electron chi connectivity index (χ0n) is 11.7. The van der Waals surface area contributed by atoms with Crippen molar-refractivity contribution in [3.05, 3.63) is 40.7 Å². The van der Waals surface area contributed by atoms with Crippen molar-refractivity contribution in [2.24, 2.45) is 0 Å². The topological polar surface area (TPSA) is 6.48 Å². The van der Waals surface area contributed by atoms with Crippen LogP contribution in [0.2, 0.25) is 0 Å². The molecule has 1 aliphatic rings. The summed E-state index contributed by atoms with van der Waals surface area (Å²) in [5, 5.41) is 0. The summed E-state index contributed by atoms with van der Waals surface area (Å²) >= 11 is 0. The highest BCUT2D eigenvalue weighted by molar-refractivity contribution is 5.62. The van der Waals surface area contributed by atoms with Gasteiger partial charge in [0, 0.05) is 24.1 Å². The molecule has 2 heteroatoms. The number of rotatable bonds is 1. The van der Waals surface area contributed by atoms with Crippen molar-refractivity contribution >= 4 is 5.69 Å². The molecule has 0 fully saturated rings. The first kappa shape index (κ1) is 12.0. The fourth-order valence-electron chi connectivity index (χ4n) is 2.54. The third-order valence-electron chi connectivity index (χ3n) is 4.18. The predicted octanol–water partition coefficient (Wildman–Crippen LogP) is 3.65. The van der Waals surface area contributed by atoms with E-state index in [1.54, 1.807) is 0 Å². The monoisotopic (exact) mass is 230 g/mol. The normalized spacial score (nSPS) is 20.5. The van der Waals surface area contributed by atoms with Crippen LogP contribution < -0.4 is 4.90 Å². The molecule has 0 aromatic heterocycles. The molecule has 1 aromatic carbocycles. The van der Waals surface area contributed by atoms with Gasteiger partial charge < -0.3 is 9.80 Å². The van der Waals surface area contributed by atoms with Gasteiger partial charge in [-0.1, -0.05) is 12.1 Å². The summed E-state index contributed by atoms with van der Waals surface area (Å²) in [5.41, 5.74) is 6.78. The van der Waals surface area contributed by atoms with Gasteiger partial charge in [-0.05, 0) is 51.8 Å². The Labute approximate surface area is 105 Å². The number of hydrogen-bond donors (Lipinski definition) is 0. The molecule has 1 aromatic rings. The van der Waals surface area contributed by atoms with Gasteiger partial charge in [0.15, 0.2) is 0 Å².